The van der Waals surface area contributed by atoms with Crippen LogP contribution in [0, 0.1) is 17.8 Å². The van der Waals surface area contributed by atoms with E-state index in [4.69, 9.17) is 4.74 Å². The molecular weight excluding hydrogens is 626 g/mol. The van der Waals surface area contributed by atoms with E-state index in [9.17, 15) is 31.1 Å². The maximum atomic E-state index is 13.0. The Morgan fingerprint density at radius 1 is 0.957 bits per heavy atom. The second-order valence-electron chi connectivity index (χ2n) is 12.1. The van der Waals surface area contributed by atoms with Gasteiger partial charge in [-0.15, -0.1) is 13.2 Å². The van der Waals surface area contributed by atoms with E-state index in [1.165, 1.54) is 36.4 Å². The van der Waals surface area contributed by atoms with Gasteiger partial charge in [-0.2, -0.15) is 13.2 Å². The molecule has 0 aromatic heterocycles. The number of carbonyl (C=O) groups excluding carboxylic acids is 1. The van der Waals surface area contributed by atoms with Crippen LogP contribution in [0.15, 0.2) is 71.7 Å². The lowest BCUT2D eigenvalue weighted by Crippen LogP contribution is -2.44. The highest BCUT2D eigenvalue weighted by Gasteiger charge is 2.34. The van der Waals surface area contributed by atoms with Crippen molar-refractivity contribution in [3.05, 3.63) is 72.3 Å². The van der Waals surface area contributed by atoms with Crippen LogP contribution in [0.25, 0.3) is 0 Å². The zero-order valence-electron chi connectivity index (χ0n) is 26.3. The first-order valence-corrected chi connectivity index (χ1v) is 15.2. The molecule has 4 rings (SSSR count). The van der Waals surface area contributed by atoms with Gasteiger partial charge in [-0.05, 0) is 98.3 Å². The number of hydrogen-bond donors (Lipinski definition) is 2. The number of anilines is 3. The lowest BCUT2D eigenvalue weighted by Gasteiger charge is -2.43. The predicted molar refractivity (Wildman–Crippen MR) is 170 cm³/mol. The molecule has 13 heteroatoms. The zero-order valence-corrected chi connectivity index (χ0v) is 26.3. The molecule has 1 aliphatic carbocycles. The van der Waals surface area contributed by atoms with Crippen LogP contribution in [0.5, 0.6) is 11.5 Å². The molecule has 1 fully saturated rings. The molecule has 1 amide bonds. The van der Waals surface area contributed by atoms with Crippen molar-refractivity contribution in [2.45, 2.75) is 58.6 Å². The summed E-state index contributed by atoms with van der Waals surface area (Å²) in [5.41, 5.74) is 0.924. The largest absolute Gasteiger partial charge is 0.573 e. The topological polar surface area (TPSA) is 75.2 Å². The molecule has 1 aliphatic rings. The van der Waals surface area contributed by atoms with Crippen molar-refractivity contribution in [1.29, 1.82) is 0 Å². The normalized spacial score (nSPS) is 18.4. The van der Waals surface area contributed by atoms with Crippen molar-refractivity contribution < 1.29 is 40.6 Å². The molecule has 0 spiro atoms. The van der Waals surface area contributed by atoms with Crippen LogP contribution in [0.2, 0.25) is 0 Å². The molecule has 3 aromatic rings. The summed E-state index contributed by atoms with van der Waals surface area (Å²) >= 11 is 0. The molecule has 0 aliphatic heterocycles. The van der Waals surface area contributed by atoms with E-state index in [1.807, 2.05) is 0 Å². The third kappa shape index (κ3) is 10.3. The van der Waals surface area contributed by atoms with Gasteiger partial charge in [0.15, 0.2) is 6.61 Å². The maximum absolute atomic E-state index is 13.0. The third-order valence-electron chi connectivity index (χ3n) is 8.15. The average Bonchev–Trinajstić information content (AvgIpc) is 3.00. The van der Waals surface area contributed by atoms with E-state index in [0.717, 1.165) is 37.1 Å². The van der Waals surface area contributed by atoms with Crippen LogP contribution in [-0.2, 0) is 11.0 Å². The summed E-state index contributed by atoms with van der Waals surface area (Å²) in [7, 11) is 0. The second-order valence-corrected chi connectivity index (χ2v) is 12.1. The molecule has 0 radical (unpaired) electrons. The number of amides is 1. The Labute approximate surface area is 270 Å². The number of rotatable bonds is 12. The highest BCUT2D eigenvalue weighted by atomic mass is 19.4. The van der Waals surface area contributed by atoms with E-state index < -0.39 is 30.6 Å². The predicted octanol–water partition coefficient (Wildman–Crippen LogP) is 9.29. The highest BCUT2D eigenvalue weighted by Crippen LogP contribution is 2.41. The summed E-state index contributed by atoms with van der Waals surface area (Å²) in [4.78, 5) is 18.9. The number of nitrogens with zero attached hydrogens (tertiary/aromatic N) is 2. The van der Waals surface area contributed by atoms with Crippen molar-refractivity contribution in [1.82, 2.24) is 0 Å². The lowest BCUT2D eigenvalue weighted by atomic mass is 9.74. The summed E-state index contributed by atoms with van der Waals surface area (Å²) in [5, 5.41) is 5.71. The first-order valence-electron chi connectivity index (χ1n) is 15.2. The molecule has 0 heterocycles. The van der Waals surface area contributed by atoms with Crippen molar-refractivity contribution in [2.24, 2.45) is 22.7 Å². The fourth-order valence-corrected chi connectivity index (χ4v) is 5.86. The Bertz CT molecular complexity index is 1510. The third-order valence-corrected chi connectivity index (χ3v) is 8.15. The van der Waals surface area contributed by atoms with Gasteiger partial charge in [0.2, 0.25) is 0 Å². The van der Waals surface area contributed by atoms with Gasteiger partial charge in [-0.1, -0.05) is 26.8 Å². The van der Waals surface area contributed by atoms with Crippen molar-refractivity contribution in [3.63, 3.8) is 0 Å². The molecule has 47 heavy (non-hydrogen) atoms. The molecule has 2 unspecified atom stereocenters. The molecule has 1 saturated carbocycles. The zero-order chi connectivity index (χ0) is 34.4. The molecule has 254 valence electrons. The monoisotopic (exact) mass is 664 g/mol. The van der Waals surface area contributed by atoms with Crippen LogP contribution in [0.4, 0.5) is 49.1 Å². The second kappa shape index (κ2) is 15.0. The number of ether oxygens (including phenoxy) is 2. The Morgan fingerprint density at radius 2 is 1.66 bits per heavy atom. The van der Waals surface area contributed by atoms with E-state index in [1.54, 1.807) is 18.2 Å². The van der Waals surface area contributed by atoms with Gasteiger partial charge in [0.1, 0.15) is 11.5 Å². The van der Waals surface area contributed by atoms with Gasteiger partial charge in [0.25, 0.3) is 5.91 Å². The molecule has 2 N–H and O–H groups in total. The van der Waals surface area contributed by atoms with Crippen LogP contribution >= 0.6 is 0 Å². The Kier molecular flexibility index (Phi) is 11.3. The van der Waals surface area contributed by atoms with Crippen LogP contribution in [0.1, 0.15) is 45.6 Å². The Morgan fingerprint density at radius 3 is 2.30 bits per heavy atom. The van der Waals surface area contributed by atoms with Crippen molar-refractivity contribution in [3.8, 4) is 11.5 Å². The molecule has 3 aromatic carbocycles. The van der Waals surface area contributed by atoms with Crippen LogP contribution < -0.4 is 25.0 Å². The summed E-state index contributed by atoms with van der Waals surface area (Å²) in [5.74, 6) is 0.767. The van der Waals surface area contributed by atoms with Gasteiger partial charge in [-0.3, -0.25) is 9.79 Å². The number of aliphatic imine (C=N–C) groups is 1. The molecule has 3 atom stereocenters. The standard InChI is InChI=1S/C34H38F6N4O3/c1-21(2)23-14-22(3)15-27(16-23)44(20-42-25-8-10-28(11-9-25)47-34(38,39)40)31-13-12-29(18-30(31)41-4)46-19-32(45)43-26-7-5-6-24(17-26)33(35,36)37/h5-13,17-18,21-23,27,42H,4,14-16,19-20H2,1-3H3,(H,43,45)/t22-,23?,27?/m1/s1. The van der Waals surface area contributed by atoms with Gasteiger partial charge in [0.05, 0.1) is 23.6 Å². The number of nitrogens with one attached hydrogen (secondary N) is 2. The van der Waals surface area contributed by atoms with Crippen LogP contribution in [-0.4, -0.2) is 38.3 Å². The van der Waals surface area contributed by atoms with E-state index in [-0.39, 0.29) is 17.5 Å². The minimum absolute atomic E-state index is 0.00991. The summed E-state index contributed by atoms with van der Waals surface area (Å²) in [6.45, 7) is 10.2. The average molecular weight is 665 g/mol. The lowest BCUT2D eigenvalue weighted by molar-refractivity contribution is -0.274. The quantitative estimate of drug-likeness (QED) is 0.115. The number of benzene rings is 3. The van der Waals surface area contributed by atoms with E-state index in [2.05, 4.69) is 52.8 Å². The maximum Gasteiger partial charge on any atom is 0.573 e. The molecular formula is C34H38F6N4O3. The first-order chi connectivity index (χ1) is 22.1. The Balaban J connectivity index is 1.51. The molecule has 0 bridgehead atoms. The van der Waals surface area contributed by atoms with Gasteiger partial charge in [0, 0.05) is 23.5 Å². The fourth-order valence-electron chi connectivity index (χ4n) is 5.86. The van der Waals surface area contributed by atoms with Crippen LogP contribution in [0.3, 0.4) is 0 Å². The number of alkyl halides is 6. The summed E-state index contributed by atoms with van der Waals surface area (Å²) in [6, 6.07) is 15.0. The van der Waals surface area contributed by atoms with E-state index in [0.29, 0.717) is 41.5 Å². The van der Waals surface area contributed by atoms with Gasteiger partial charge < -0.3 is 25.0 Å². The number of carbonyl (C=O) groups is 1. The van der Waals surface area contributed by atoms with Crippen molar-refractivity contribution >= 4 is 35.4 Å². The molecule has 0 saturated heterocycles. The first kappa shape index (κ1) is 35.4. The minimum atomic E-state index is -4.79. The van der Waals surface area contributed by atoms with Gasteiger partial charge in [-0.25, -0.2) is 0 Å². The number of halogens is 6. The number of hydrogen-bond acceptors (Lipinski definition) is 6. The molecule has 7 nitrogen and oxygen atoms in total. The summed E-state index contributed by atoms with van der Waals surface area (Å²) in [6.07, 6.45) is -6.39. The van der Waals surface area contributed by atoms with Crippen molar-refractivity contribution in [2.75, 3.05) is 28.8 Å². The van der Waals surface area contributed by atoms with E-state index >= 15 is 0 Å². The fraction of sp³-hybridized carbons (Fsp3) is 0.412. The minimum Gasteiger partial charge on any atom is -0.484 e. The van der Waals surface area contributed by atoms with Gasteiger partial charge >= 0.3 is 12.5 Å². The SMILES string of the molecule is C=Nc1cc(OCC(=O)Nc2cccc(C(F)(F)F)c2)ccc1N(CNc1ccc(OC(F)(F)F)cc1)C1CC(C(C)C)C[C@@H](C)C1. The Hall–Kier alpha value is -4.42. The summed E-state index contributed by atoms with van der Waals surface area (Å²) < 4.78 is 86.6. The smallest absolute Gasteiger partial charge is 0.484 e. The highest BCUT2D eigenvalue weighted by molar-refractivity contribution is 5.92.